The number of primary amides is 1. The number of rotatable bonds is 18. The first-order valence-electron chi connectivity index (χ1n) is 12.8. The molecule has 12 heteroatoms. The van der Waals surface area contributed by atoms with Crippen LogP contribution in [-0.2, 0) is 30.4 Å². The highest BCUT2D eigenvalue weighted by Gasteiger charge is 2.22. The number of phenols is 1. The van der Waals surface area contributed by atoms with Gasteiger partial charge in [0, 0.05) is 44.3 Å². The van der Waals surface area contributed by atoms with E-state index in [-0.39, 0.29) is 61.6 Å². The lowest BCUT2D eigenvalue weighted by molar-refractivity contribution is -0.129. The van der Waals surface area contributed by atoms with Gasteiger partial charge < -0.3 is 37.8 Å². The molecule has 9 N–H and O–H groups in total. The van der Waals surface area contributed by atoms with Gasteiger partial charge in [-0.1, -0.05) is 18.6 Å². The number of amides is 5. The number of nitrogens with one attached hydrogen (secondary N) is 4. The van der Waals surface area contributed by atoms with Gasteiger partial charge in [0.1, 0.15) is 11.8 Å². The fourth-order valence-corrected chi connectivity index (χ4v) is 3.44. The maximum atomic E-state index is 12.9. The summed E-state index contributed by atoms with van der Waals surface area (Å²) in [5, 5.41) is 20.3. The Labute approximate surface area is 223 Å². The third-order valence-corrected chi connectivity index (χ3v) is 5.66. The van der Waals surface area contributed by atoms with Gasteiger partial charge in [-0.15, -0.1) is 0 Å². The van der Waals surface area contributed by atoms with Crippen LogP contribution in [0.1, 0.15) is 64.4 Å². The molecule has 0 spiro atoms. The molecule has 0 fully saturated rings. The summed E-state index contributed by atoms with van der Waals surface area (Å²) in [6.07, 6.45) is 2.93. The van der Waals surface area contributed by atoms with Crippen LogP contribution >= 0.6 is 0 Å². The Kier molecular flexibility index (Phi) is 14.4. The van der Waals surface area contributed by atoms with Crippen molar-refractivity contribution in [2.45, 2.75) is 76.8 Å². The van der Waals surface area contributed by atoms with Crippen LogP contribution in [-0.4, -0.2) is 65.9 Å². The van der Waals surface area contributed by atoms with Crippen LogP contribution in [0.25, 0.3) is 0 Å². The van der Waals surface area contributed by atoms with Crippen LogP contribution in [0.15, 0.2) is 24.3 Å². The van der Waals surface area contributed by atoms with Crippen LogP contribution in [0.3, 0.4) is 0 Å². The van der Waals surface area contributed by atoms with E-state index in [0.29, 0.717) is 38.8 Å². The molecule has 0 aliphatic heterocycles. The van der Waals surface area contributed by atoms with Crippen LogP contribution in [0.5, 0.6) is 5.75 Å². The molecule has 5 amide bonds. The summed E-state index contributed by atoms with van der Waals surface area (Å²) in [7, 11) is 0. The second kappa shape index (κ2) is 17.0. The predicted octanol–water partition coefficient (Wildman–Crippen LogP) is -0.279. The number of unbranched alkanes of at least 4 members (excludes halogenated alkanes) is 2. The summed E-state index contributed by atoms with van der Waals surface area (Å²) in [6, 6.07) is 5.53. The van der Waals surface area contributed by atoms with Gasteiger partial charge in [0.15, 0.2) is 0 Å². The van der Waals surface area contributed by atoms with Crippen molar-refractivity contribution in [3.05, 3.63) is 29.8 Å². The number of nitrogens with two attached hydrogens (primary N) is 2. The zero-order valence-electron chi connectivity index (χ0n) is 22.3. The van der Waals surface area contributed by atoms with E-state index in [1.165, 1.54) is 12.1 Å². The molecule has 0 heterocycles. The summed E-state index contributed by atoms with van der Waals surface area (Å²) >= 11 is 0. The lowest BCUT2D eigenvalue weighted by Gasteiger charge is -2.24. The molecular weight excluding hydrogens is 492 g/mol. The zero-order chi connectivity index (χ0) is 28.6. The van der Waals surface area contributed by atoms with E-state index in [1.807, 2.05) is 13.8 Å². The zero-order valence-corrected chi connectivity index (χ0v) is 22.3. The molecule has 38 heavy (non-hydrogen) atoms. The smallest absolute Gasteiger partial charge is 0.242 e. The van der Waals surface area contributed by atoms with Gasteiger partial charge in [-0.2, -0.15) is 0 Å². The van der Waals surface area contributed by atoms with Crippen LogP contribution in [0.4, 0.5) is 0 Å². The third kappa shape index (κ3) is 14.8. The number of phenolic OH excluding ortho intramolecular Hbond substituents is 1. The molecule has 1 rings (SSSR count). The number of aromatic hydroxyl groups is 1. The van der Waals surface area contributed by atoms with Gasteiger partial charge in [-0.05, 0) is 50.8 Å². The lowest BCUT2D eigenvalue weighted by Crippen LogP contribution is -2.49. The quantitative estimate of drug-likeness (QED) is 0.125. The standard InChI is InChI=1S/C26H42N6O6/c1-26(2,17-27)32-24(37)9-6-8-23(36)31-20(15-18-10-12-19(33)13-11-18)25(38)29-14-5-3-4-7-22(35)30-16-21(28)34/h10-13,20,33H,3-9,14-17,27H2,1-2H3,(H2,28,34)(H,29,38)(H,30,35)(H,31,36)(H,32,37)/t20-/m0/s1. The Morgan fingerprint density at radius 1 is 0.868 bits per heavy atom. The molecule has 0 bridgehead atoms. The van der Waals surface area contributed by atoms with E-state index in [9.17, 15) is 29.1 Å². The van der Waals surface area contributed by atoms with Crippen molar-refractivity contribution in [2.24, 2.45) is 11.5 Å². The molecule has 12 nitrogen and oxygen atoms in total. The van der Waals surface area contributed by atoms with Crippen molar-refractivity contribution in [3.63, 3.8) is 0 Å². The van der Waals surface area contributed by atoms with E-state index >= 15 is 0 Å². The van der Waals surface area contributed by atoms with Crippen LogP contribution in [0.2, 0.25) is 0 Å². The predicted molar refractivity (Wildman–Crippen MR) is 143 cm³/mol. The van der Waals surface area contributed by atoms with E-state index in [1.54, 1.807) is 12.1 Å². The molecule has 212 valence electrons. The number of carbonyl (C=O) groups is 5. The average Bonchev–Trinajstić information content (AvgIpc) is 2.85. The van der Waals surface area contributed by atoms with Crippen LogP contribution in [0, 0.1) is 0 Å². The second-order valence-electron chi connectivity index (χ2n) is 9.83. The minimum atomic E-state index is -0.836. The van der Waals surface area contributed by atoms with Gasteiger partial charge >= 0.3 is 0 Å². The Bertz CT molecular complexity index is 935. The molecular formula is C26H42N6O6. The molecule has 0 saturated carbocycles. The highest BCUT2D eigenvalue weighted by atomic mass is 16.3. The van der Waals surface area contributed by atoms with Crippen molar-refractivity contribution < 1.29 is 29.1 Å². The van der Waals surface area contributed by atoms with Crippen molar-refractivity contribution in [3.8, 4) is 5.75 Å². The van der Waals surface area contributed by atoms with Crippen molar-refractivity contribution in [1.29, 1.82) is 0 Å². The first-order chi connectivity index (χ1) is 17.9. The molecule has 0 aliphatic carbocycles. The minimum Gasteiger partial charge on any atom is -0.508 e. The van der Waals surface area contributed by atoms with E-state index in [2.05, 4.69) is 21.3 Å². The summed E-state index contributed by atoms with van der Waals surface area (Å²) in [5.74, 6) is -1.67. The molecule has 1 atom stereocenters. The molecule has 1 aromatic carbocycles. The monoisotopic (exact) mass is 534 g/mol. The Balaban J connectivity index is 2.52. The molecule has 0 unspecified atom stereocenters. The van der Waals surface area contributed by atoms with E-state index < -0.39 is 17.5 Å². The van der Waals surface area contributed by atoms with Crippen LogP contribution < -0.4 is 32.7 Å². The third-order valence-electron chi connectivity index (χ3n) is 5.66. The SMILES string of the molecule is CC(C)(CN)NC(=O)CCCC(=O)N[C@@H](Cc1ccc(O)cc1)C(=O)NCCCCCC(=O)NCC(N)=O. The molecule has 1 aromatic rings. The first kappa shape index (κ1) is 32.4. The van der Waals surface area contributed by atoms with Crippen molar-refractivity contribution >= 4 is 29.5 Å². The van der Waals surface area contributed by atoms with Crippen molar-refractivity contribution in [2.75, 3.05) is 19.6 Å². The first-order valence-corrected chi connectivity index (χ1v) is 12.8. The van der Waals surface area contributed by atoms with Gasteiger partial charge in [0.05, 0.1) is 6.54 Å². The number of hydrogen-bond donors (Lipinski definition) is 7. The van der Waals surface area contributed by atoms with Gasteiger partial charge in [-0.3, -0.25) is 24.0 Å². The molecule has 0 saturated heterocycles. The Morgan fingerprint density at radius 2 is 1.50 bits per heavy atom. The largest absolute Gasteiger partial charge is 0.508 e. The van der Waals surface area contributed by atoms with Gasteiger partial charge in [0.2, 0.25) is 29.5 Å². The van der Waals surface area contributed by atoms with Gasteiger partial charge in [0.25, 0.3) is 0 Å². The maximum Gasteiger partial charge on any atom is 0.242 e. The molecule has 0 aromatic heterocycles. The highest BCUT2D eigenvalue weighted by molar-refractivity contribution is 5.88. The molecule has 0 radical (unpaired) electrons. The highest BCUT2D eigenvalue weighted by Crippen LogP contribution is 2.12. The number of hydrogen-bond acceptors (Lipinski definition) is 7. The lowest BCUT2D eigenvalue weighted by atomic mass is 10.0. The Morgan fingerprint density at radius 3 is 2.13 bits per heavy atom. The summed E-state index contributed by atoms with van der Waals surface area (Å²) in [6.45, 7) is 4.09. The van der Waals surface area contributed by atoms with E-state index in [0.717, 1.165) is 5.56 Å². The van der Waals surface area contributed by atoms with Crippen molar-refractivity contribution in [1.82, 2.24) is 21.3 Å². The second-order valence-corrected chi connectivity index (χ2v) is 9.83. The summed E-state index contributed by atoms with van der Waals surface area (Å²) in [4.78, 5) is 59.7. The van der Waals surface area contributed by atoms with E-state index in [4.69, 9.17) is 11.5 Å². The molecule has 0 aliphatic rings. The fraction of sp³-hybridized carbons (Fsp3) is 0.577. The Hall–Kier alpha value is -3.67. The summed E-state index contributed by atoms with van der Waals surface area (Å²) < 4.78 is 0. The number of benzene rings is 1. The fourth-order valence-electron chi connectivity index (χ4n) is 3.44. The number of carbonyl (C=O) groups excluding carboxylic acids is 5. The maximum absolute atomic E-state index is 12.9. The summed E-state index contributed by atoms with van der Waals surface area (Å²) in [5.41, 5.74) is 10.8. The minimum absolute atomic E-state index is 0.0770. The average molecular weight is 535 g/mol. The van der Waals surface area contributed by atoms with Gasteiger partial charge in [-0.25, -0.2) is 0 Å². The normalized spacial score (nSPS) is 11.8. The topological polar surface area (TPSA) is 206 Å².